The monoisotopic (exact) mass is 247 g/mol. The third kappa shape index (κ3) is 2.40. The van der Waals surface area contributed by atoms with Gasteiger partial charge in [0.2, 0.25) is 0 Å². The van der Waals surface area contributed by atoms with Gasteiger partial charge in [0.25, 0.3) is 0 Å². The Hall–Kier alpha value is -1.38. The van der Waals surface area contributed by atoms with Crippen LogP contribution in [0.5, 0.6) is 0 Å². The molecule has 2 aromatic rings. The fraction of sp³-hybridized carbons (Fsp3) is 0.182. The topological polar surface area (TPSA) is 49.6 Å². The molecule has 0 spiro atoms. The molecule has 0 aliphatic rings. The minimum Gasteiger partial charge on any atom is -0.192 e. The summed E-state index contributed by atoms with van der Waals surface area (Å²) >= 11 is 3.17. The summed E-state index contributed by atoms with van der Waals surface area (Å²) in [6.07, 6.45) is 0. The van der Waals surface area contributed by atoms with Crippen LogP contribution in [-0.2, 0) is 0 Å². The van der Waals surface area contributed by atoms with E-state index < -0.39 is 0 Å². The minimum absolute atomic E-state index is 0.690. The van der Waals surface area contributed by atoms with Gasteiger partial charge in [-0.3, -0.25) is 0 Å². The zero-order valence-electron chi connectivity index (χ0n) is 8.89. The third-order valence-corrected chi connectivity index (χ3v) is 4.08. The molecule has 0 amide bonds. The normalized spacial score (nSPS) is 10.1. The maximum Gasteiger partial charge on any atom is 0.179 e. The largest absolute Gasteiger partial charge is 0.192 e. The van der Waals surface area contributed by atoms with Crippen LogP contribution < -0.4 is 0 Å². The zero-order valence-corrected chi connectivity index (χ0v) is 10.5. The van der Waals surface area contributed by atoms with Gasteiger partial charge in [-0.15, -0.1) is 10.2 Å². The second-order valence-corrected chi connectivity index (χ2v) is 5.75. The first kappa shape index (κ1) is 11.1. The van der Waals surface area contributed by atoms with Crippen molar-refractivity contribution in [2.45, 2.75) is 23.1 Å². The highest BCUT2D eigenvalue weighted by Crippen LogP contribution is 2.32. The van der Waals surface area contributed by atoms with Crippen molar-refractivity contribution in [3.05, 3.63) is 34.3 Å². The number of aryl methyl sites for hydroxylation is 2. The van der Waals surface area contributed by atoms with Crippen LogP contribution in [0.2, 0.25) is 0 Å². The van der Waals surface area contributed by atoms with Crippen LogP contribution in [0.1, 0.15) is 16.1 Å². The molecule has 0 aliphatic carbocycles. The Morgan fingerprint density at radius 2 is 2.12 bits per heavy atom. The van der Waals surface area contributed by atoms with E-state index in [0.717, 1.165) is 19.8 Å². The van der Waals surface area contributed by atoms with E-state index in [1.54, 1.807) is 23.1 Å². The molecule has 0 radical (unpaired) electrons. The average Bonchev–Trinajstić information content (AvgIpc) is 2.67. The van der Waals surface area contributed by atoms with Gasteiger partial charge in [-0.1, -0.05) is 23.1 Å². The quantitative estimate of drug-likeness (QED) is 0.817. The smallest absolute Gasteiger partial charge is 0.179 e. The van der Waals surface area contributed by atoms with Crippen LogP contribution in [0.3, 0.4) is 0 Å². The number of nitriles is 1. The number of rotatable bonds is 2. The van der Waals surface area contributed by atoms with E-state index >= 15 is 0 Å². The van der Waals surface area contributed by atoms with E-state index in [9.17, 15) is 0 Å². The van der Waals surface area contributed by atoms with Crippen molar-refractivity contribution in [3.8, 4) is 6.07 Å². The molecule has 0 unspecified atom stereocenters. The van der Waals surface area contributed by atoms with Crippen LogP contribution in [0.25, 0.3) is 0 Å². The molecule has 0 saturated carbocycles. The van der Waals surface area contributed by atoms with Crippen LogP contribution in [0.4, 0.5) is 0 Å². The van der Waals surface area contributed by atoms with Gasteiger partial charge in [0, 0.05) is 4.90 Å². The molecule has 16 heavy (non-hydrogen) atoms. The molecular formula is C11H9N3S2. The Morgan fingerprint density at radius 1 is 1.31 bits per heavy atom. The van der Waals surface area contributed by atoms with Gasteiger partial charge >= 0.3 is 0 Å². The molecule has 0 fully saturated rings. The number of benzene rings is 1. The average molecular weight is 247 g/mol. The lowest BCUT2D eigenvalue weighted by Crippen LogP contribution is -1.82. The molecule has 1 heterocycles. The van der Waals surface area contributed by atoms with E-state index in [1.807, 2.05) is 32.0 Å². The van der Waals surface area contributed by atoms with Crippen molar-refractivity contribution in [2.24, 2.45) is 0 Å². The van der Waals surface area contributed by atoms with E-state index in [1.165, 1.54) is 0 Å². The van der Waals surface area contributed by atoms with E-state index in [0.29, 0.717) is 5.56 Å². The van der Waals surface area contributed by atoms with Gasteiger partial charge in [0.15, 0.2) is 4.34 Å². The molecule has 0 aliphatic heterocycles. The van der Waals surface area contributed by atoms with Crippen LogP contribution >= 0.6 is 23.1 Å². The highest BCUT2D eigenvalue weighted by atomic mass is 32.2. The summed E-state index contributed by atoms with van der Waals surface area (Å²) in [6, 6.07) is 7.79. The first-order valence-electron chi connectivity index (χ1n) is 4.68. The van der Waals surface area contributed by atoms with E-state index in [-0.39, 0.29) is 0 Å². The number of hydrogen-bond acceptors (Lipinski definition) is 5. The number of aromatic nitrogens is 2. The highest BCUT2D eigenvalue weighted by molar-refractivity contribution is 8.01. The summed E-state index contributed by atoms with van der Waals surface area (Å²) in [6.45, 7) is 3.93. The van der Waals surface area contributed by atoms with Crippen molar-refractivity contribution in [2.75, 3.05) is 0 Å². The second kappa shape index (κ2) is 4.64. The van der Waals surface area contributed by atoms with Crippen LogP contribution in [0.15, 0.2) is 27.4 Å². The maximum absolute atomic E-state index is 8.77. The fourth-order valence-electron chi connectivity index (χ4n) is 1.25. The lowest BCUT2D eigenvalue weighted by molar-refractivity contribution is 0.983. The minimum atomic E-state index is 0.690. The first-order valence-corrected chi connectivity index (χ1v) is 6.31. The third-order valence-electron chi connectivity index (χ3n) is 2.01. The lowest BCUT2D eigenvalue weighted by atomic mass is 10.2. The van der Waals surface area contributed by atoms with Gasteiger partial charge in [-0.2, -0.15) is 5.26 Å². The summed E-state index contributed by atoms with van der Waals surface area (Å²) in [5.74, 6) is 0. The van der Waals surface area contributed by atoms with Gasteiger partial charge in [-0.25, -0.2) is 0 Å². The Kier molecular flexibility index (Phi) is 3.22. The van der Waals surface area contributed by atoms with Crippen molar-refractivity contribution in [1.29, 1.82) is 5.26 Å². The molecule has 0 saturated heterocycles. The maximum atomic E-state index is 8.77. The predicted molar refractivity (Wildman–Crippen MR) is 64.7 cm³/mol. The van der Waals surface area contributed by atoms with Crippen molar-refractivity contribution < 1.29 is 0 Å². The summed E-state index contributed by atoms with van der Waals surface area (Å²) < 4.78 is 0.935. The molecule has 0 bridgehead atoms. The van der Waals surface area contributed by atoms with Crippen molar-refractivity contribution in [3.63, 3.8) is 0 Å². The van der Waals surface area contributed by atoms with E-state index in [4.69, 9.17) is 5.26 Å². The van der Waals surface area contributed by atoms with Gasteiger partial charge < -0.3 is 0 Å². The fourth-order valence-corrected chi connectivity index (χ4v) is 3.09. The Bertz CT molecular complexity index is 555. The van der Waals surface area contributed by atoms with Crippen LogP contribution in [0, 0.1) is 25.2 Å². The molecule has 1 aromatic heterocycles. The van der Waals surface area contributed by atoms with Gasteiger partial charge in [0.05, 0.1) is 11.6 Å². The molecule has 80 valence electrons. The second-order valence-electron chi connectivity index (χ2n) is 3.28. The van der Waals surface area contributed by atoms with E-state index in [2.05, 4.69) is 16.3 Å². The summed E-state index contributed by atoms with van der Waals surface area (Å²) in [7, 11) is 0. The molecule has 2 rings (SSSR count). The van der Waals surface area contributed by atoms with Gasteiger partial charge in [0.1, 0.15) is 5.01 Å². The lowest BCUT2D eigenvalue weighted by Gasteiger charge is -2.02. The first-order chi connectivity index (χ1) is 7.69. The predicted octanol–water partition coefficient (Wildman–Crippen LogP) is 3.18. The van der Waals surface area contributed by atoms with Crippen molar-refractivity contribution >= 4 is 23.1 Å². The molecule has 0 N–H and O–H groups in total. The summed E-state index contributed by atoms with van der Waals surface area (Å²) in [4.78, 5) is 1.12. The number of hydrogen-bond donors (Lipinski definition) is 0. The zero-order chi connectivity index (χ0) is 11.5. The highest BCUT2D eigenvalue weighted by Gasteiger charge is 2.06. The Morgan fingerprint density at radius 3 is 2.69 bits per heavy atom. The Labute approximate surface area is 102 Å². The standard InChI is InChI=1S/C11H9N3S2/c1-7-5-9(6-12)3-4-10(7)16-11-14-13-8(2)15-11/h3-5H,1-2H3. The molecular weight excluding hydrogens is 238 g/mol. The number of nitrogens with zero attached hydrogens (tertiary/aromatic N) is 3. The van der Waals surface area contributed by atoms with Gasteiger partial charge in [-0.05, 0) is 37.6 Å². The van der Waals surface area contributed by atoms with Crippen LogP contribution in [-0.4, -0.2) is 10.2 Å². The molecule has 1 aromatic carbocycles. The molecule has 3 nitrogen and oxygen atoms in total. The SMILES string of the molecule is Cc1nnc(Sc2ccc(C#N)cc2C)s1. The molecule has 5 heteroatoms. The summed E-state index contributed by atoms with van der Waals surface area (Å²) in [5, 5.41) is 17.8. The Balaban J connectivity index is 2.26. The summed E-state index contributed by atoms with van der Waals surface area (Å²) in [5.41, 5.74) is 1.78. The molecule has 0 atom stereocenters. The van der Waals surface area contributed by atoms with Crippen molar-refractivity contribution in [1.82, 2.24) is 10.2 Å².